The lowest BCUT2D eigenvalue weighted by Crippen LogP contribution is -2.40. The minimum atomic E-state index is -0.702. The molecule has 3 aliphatic rings. The Bertz CT molecular complexity index is 1770. The molecule has 1 aliphatic carbocycles. The van der Waals surface area contributed by atoms with Gasteiger partial charge in [0.05, 0.1) is 31.0 Å². The van der Waals surface area contributed by atoms with Crippen molar-refractivity contribution in [2.45, 2.75) is 123 Å². The van der Waals surface area contributed by atoms with Crippen molar-refractivity contribution in [3.63, 3.8) is 0 Å². The molecule has 0 radical (unpaired) electrons. The Kier molecular flexibility index (Phi) is 12.7. The van der Waals surface area contributed by atoms with E-state index in [0.717, 1.165) is 107 Å². The first-order chi connectivity index (χ1) is 26.0. The van der Waals surface area contributed by atoms with E-state index < -0.39 is 11.7 Å². The van der Waals surface area contributed by atoms with Gasteiger partial charge in [0.2, 0.25) is 0 Å². The molecule has 0 amide bonds. The van der Waals surface area contributed by atoms with Crippen LogP contribution in [-0.2, 0) is 14.2 Å². The number of allylic oxidation sites excluding steroid dienone is 2. The van der Waals surface area contributed by atoms with Gasteiger partial charge in [0.1, 0.15) is 48.3 Å². The average molecular weight is 737 g/mol. The van der Waals surface area contributed by atoms with Crippen LogP contribution in [-0.4, -0.2) is 67.2 Å². The summed E-state index contributed by atoms with van der Waals surface area (Å²) in [6, 6.07) is 20.6. The van der Waals surface area contributed by atoms with Crippen molar-refractivity contribution in [2.75, 3.05) is 26.4 Å². The summed E-state index contributed by atoms with van der Waals surface area (Å²) in [5.41, 5.74) is 7.87. The van der Waals surface area contributed by atoms with Crippen LogP contribution >= 0.6 is 0 Å². The SMILES string of the molecule is C=C1C=C(c2cc(C)c(OCC(O)CC(CC)(CC)Oc3ccc(-c4ccc(OCC5CO5)cc4)cc3)c(C)c2)C=C(C)C1OC(CC)(CC)CC1CO1. The minimum absolute atomic E-state index is 0.142. The molecule has 0 saturated carbocycles. The van der Waals surface area contributed by atoms with Crippen molar-refractivity contribution < 1.29 is 33.5 Å². The lowest BCUT2D eigenvalue weighted by molar-refractivity contribution is -0.0800. The Hall–Kier alpha value is -3.88. The summed E-state index contributed by atoms with van der Waals surface area (Å²) in [4.78, 5) is 0. The summed E-state index contributed by atoms with van der Waals surface area (Å²) in [7, 11) is 0. The molecule has 7 heteroatoms. The van der Waals surface area contributed by atoms with Gasteiger partial charge in [-0.1, -0.05) is 64.6 Å². The molecule has 0 bridgehead atoms. The standard InChI is InChI=1S/C47H60O7/c1-9-46(10-2,53-41-19-15-36(16-20-41)35-13-17-40(18-14-35)49-29-43-30-51-43)25-39(48)27-52-44-31(5)21-37(22-32(44)6)38-23-33(7)45(34(8)24-38)54-47(11-3,12-4)26-42-28-50-42/h13-24,39,42-43,45,48H,7,9-12,25-30H2,1-6,8H3. The highest BCUT2D eigenvalue weighted by molar-refractivity contribution is 5.80. The van der Waals surface area contributed by atoms with Crippen molar-refractivity contribution in [2.24, 2.45) is 0 Å². The second kappa shape index (κ2) is 17.3. The largest absolute Gasteiger partial charge is 0.491 e. The van der Waals surface area contributed by atoms with Gasteiger partial charge in [-0.25, -0.2) is 0 Å². The molecule has 3 aromatic rings. The van der Waals surface area contributed by atoms with Gasteiger partial charge in [0, 0.05) is 12.8 Å². The number of benzene rings is 3. The quantitative estimate of drug-likeness (QED) is 0.116. The lowest BCUT2D eigenvalue weighted by Gasteiger charge is -2.38. The smallest absolute Gasteiger partial charge is 0.125 e. The predicted molar refractivity (Wildman–Crippen MR) is 217 cm³/mol. The van der Waals surface area contributed by atoms with E-state index >= 15 is 0 Å². The van der Waals surface area contributed by atoms with Crippen LogP contribution in [0.1, 0.15) is 89.8 Å². The molecular weight excluding hydrogens is 677 g/mol. The summed E-state index contributed by atoms with van der Waals surface area (Å²) >= 11 is 0. The molecule has 2 aliphatic heterocycles. The summed E-state index contributed by atoms with van der Waals surface area (Å²) in [6.07, 6.45) is 8.86. The van der Waals surface area contributed by atoms with Gasteiger partial charge in [-0.15, -0.1) is 0 Å². The van der Waals surface area contributed by atoms with Gasteiger partial charge in [0.15, 0.2) is 0 Å². The molecule has 4 unspecified atom stereocenters. The average Bonchev–Trinajstić information content (AvgIpc) is 4.12. The molecule has 2 fully saturated rings. The van der Waals surface area contributed by atoms with Gasteiger partial charge in [-0.3, -0.25) is 0 Å². The number of rotatable bonds is 20. The Balaban J connectivity index is 1.05. The molecule has 54 heavy (non-hydrogen) atoms. The zero-order chi connectivity index (χ0) is 38.5. The highest BCUT2D eigenvalue weighted by Crippen LogP contribution is 2.39. The van der Waals surface area contributed by atoms with Crippen LogP contribution in [0, 0.1) is 13.8 Å². The van der Waals surface area contributed by atoms with Gasteiger partial charge in [-0.05, 0) is 133 Å². The molecule has 0 aromatic heterocycles. The second-order valence-electron chi connectivity index (χ2n) is 15.5. The first-order valence-corrected chi connectivity index (χ1v) is 19.9. The molecule has 290 valence electrons. The Morgan fingerprint density at radius 3 is 1.81 bits per heavy atom. The van der Waals surface area contributed by atoms with Crippen molar-refractivity contribution in [3.8, 4) is 28.4 Å². The van der Waals surface area contributed by atoms with E-state index in [1.807, 2.05) is 24.3 Å². The second-order valence-corrected chi connectivity index (χ2v) is 15.5. The van der Waals surface area contributed by atoms with Crippen molar-refractivity contribution in [1.29, 1.82) is 0 Å². The maximum Gasteiger partial charge on any atom is 0.125 e. The van der Waals surface area contributed by atoms with Crippen LogP contribution in [0.3, 0.4) is 0 Å². The summed E-state index contributed by atoms with van der Waals surface area (Å²) < 4.78 is 36.4. The van der Waals surface area contributed by atoms with Crippen LogP contribution in [0.15, 0.2) is 90.5 Å². The van der Waals surface area contributed by atoms with Crippen LogP contribution in [0.25, 0.3) is 16.7 Å². The summed E-state index contributed by atoms with van der Waals surface area (Å²) in [6.45, 7) is 21.7. The number of hydrogen-bond acceptors (Lipinski definition) is 7. The third-order valence-corrected chi connectivity index (χ3v) is 11.5. The molecule has 2 heterocycles. The molecule has 3 aromatic carbocycles. The number of hydrogen-bond donors (Lipinski definition) is 1. The molecule has 6 rings (SSSR count). The van der Waals surface area contributed by atoms with Crippen LogP contribution in [0.5, 0.6) is 17.2 Å². The number of aliphatic hydroxyl groups is 1. The molecular formula is C47H60O7. The van der Waals surface area contributed by atoms with E-state index in [2.05, 4.69) is 104 Å². The van der Waals surface area contributed by atoms with Crippen LogP contribution in [0.2, 0.25) is 0 Å². The molecule has 0 spiro atoms. The number of aliphatic hydroxyl groups excluding tert-OH is 1. The van der Waals surface area contributed by atoms with Crippen molar-refractivity contribution >= 4 is 5.57 Å². The highest BCUT2D eigenvalue weighted by Gasteiger charge is 2.39. The zero-order valence-electron chi connectivity index (χ0n) is 33.4. The van der Waals surface area contributed by atoms with Crippen molar-refractivity contribution in [1.82, 2.24) is 0 Å². The van der Waals surface area contributed by atoms with E-state index in [4.69, 9.17) is 28.4 Å². The first-order valence-electron chi connectivity index (χ1n) is 19.9. The number of aryl methyl sites for hydroxylation is 2. The number of ether oxygens (including phenoxy) is 6. The van der Waals surface area contributed by atoms with Gasteiger partial charge < -0.3 is 33.5 Å². The summed E-state index contributed by atoms with van der Waals surface area (Å²) in [5.74, 6) is 2.43. The van der Waals surface area contributed by atoms with Crippen molar-refractivity contribution in [3.05, 3.63) is 107 Å². The fourth-order valence-electron chi connectivity index (χ4n) is 7.67. The maximum absolute atomic E-state index is 11.3. The highest BCUT2D eigenvalue weighted by atomic mass is 16.6. The maximum atomic E-state index is 11.3. The van der Waals surface area contributed by atoms with E-state index in [1.165, 1.54) is 0 Å². The third kappa shape index (κ3) is 9.86. The van der Waals surface area contributed by atoms with Gasteiger partial charge in [0.25, 0.3) is 0 Å². The third-order valence-electron chi connectivity index (χ3n) is 11.5. The fourth-order valence-corrected chi connectivity index (χ4v) is 7.67. The minimum Gasteiger partial charge on any atom is -0.491 e. The van der Waals surface area contributed by atoms with E-state index in [9.17, 15) is 5.11 Å². The van der Waals surface area contributed by atoms with E-state index in [0.29, 0.717) is 19.1 Å². The van der Waals surface area contributed by atoms with Gasteiger partial charge >= 0.3 is 0 Å². The lowest BCUT2D eigenvalue weighted by atomic mass is 9.87. The molecule has 2 saturated heterocycles. The first kappa shape index (κ1) is 39.8. The fraction of sp³-hybridized carbons (Fsp3) is 0.489. The normalized spacial score (nSPS) is 20.2. The monoisotopic (exact) mass is 736 g/mol. The Morgan fingerprint density at radius 2 is 1.30 bits per heavy atom. The predicted octanol–water partition coefficient (Wildman–Crippen LogP) is 10.1. The topological polar surface area (TPSA) is 82.2 Å². The van der Waals surface area contributed by atoms with E-state index in [-0.39, 0.29) is 24.4 Å². The van der Waals surface area contributed by atoms with E-state index in [1.54, 1.807) is 0 Å². The molecule has 4 atom stereocenters. The zero-order valence-corrected chi connectivity index (χ0v) is 33.4. The number of epoxide rings is 2. The summed E-state index contributed by atoms with van der Waals surface area (Å²) in [5, 5.41) is 11.3. The molecule has 7 nitrogen and oxygen atoms in total. The Labute approximate surface area is 323 Å². The Morgan fingerprint density at radius 1 is 0.741 bits per heavy atom. The van der Waals surface area contributed by atoms with Gasteiger partial charge in [-0.2, -0.15) is 0 Å². The van der Waals surface area contributed by atoms with Crippen LogP contribution < -0.4 is 14.2 Å². The molecule has 1 N–H and O–H groups in total. The van der Waals surface area contributed by atoms with Crippen LogP contribution in [0.4, 0.5) is 0 Å².